The zero-order valence-corrected chi connectivity index (χ0v) is 12.2. The predicted octanol–water partition coefficient (Wildman–Crippen LogP) is 4.15. The van der Waals surface area contributed by atoms with E-state index in [0.29, 0.717) is 6.42 Å². The van der Waals surface area contributed by atoms with Crippen LogP contribution in [0.4, 0.5) is 5.69 Å². The number of fused-ring (bicyclic) bond motifs is 1. The zero-order chi connectivity index (χ0) is 14.3. The highest BCUT2D eigenvalue weighted by Crippen LogP contribution is 2.31. The number of rotatable bonds is 1. The number of nitrogens with one attached hydrogen (secondary N) is 1. The van der Waals surface area contributed by atoms with Gasteiger partial charge in [0.2, 0.25) is 5.91 Å². The summed E-state index contributed by atoms with van der Waals surface area (Å²) in [5.41, 5.74) is 5.89. The SMILES string of the molecule is CC(C)(C)c1cccc(-c2ccc3c(c2)CC(=O)N3)c1. The molecule has 0 fully saturated rings. The van der Waals surface area contributed by atoms with Gasteiger partial charge in [-0.3, -0.25) is 4.79 Å². The van der Waals surface area contributed by atoms with Gasteiger partial charge in [-0.25, -0.2) is 0 Å². The Labute approximate surface area is 119 Å². The standard InChI is InChI=1S/C18H19NO/c1-18(2,3)15-6-4-5-12(10-15)13-7-8-16-14(9-13)11-17(20)19-16/h4-10H,11H2,1-3H3,(H,19,20). The van der Waals surface area contributed by atoms with Crippen molar-refractivity contribution < 1.29 is 4.79 Å². The minimum atomic E-state index is 0.0839. The van der Waals surface area contributed by atoms with E-state index in [1.807, 2.05) is 6.07 Å². The first-order valence-electron chi connectivity index (χ1n) is 6.97. The molecule has 2 aromatic carbocycles. The molecule has 2 aromatic rings. The van der Waals surface area contributed by atoms with E-state index in [1.54, 1.807) is 0 Å². The third kappa shape index (κ3) is 2.34. The van der Waals surface area contributed by atoms with E-state index in [1.165, 1.54) is 16.7 Å². The van der Waals surface area contributed by atoms with Crippen molar-refractivity contribution in [3.8, 4) is 11.1 Å². The molecule has 20 heavy (non-hydrogen) atoms. The van der Waals surface area contributed by atoms with Crippen LogP contribution >= 0.6 is 0 Å². The van der Waals surface area contributed by atoms with Crippen LogP contribution in [0.15, 0.2) is 42.5 Å². The van der Waals surface area contributed by atoms with E-state index >= 15 is 0 Å². The third-order valence-corrected chi connectivity index (χ3v) is 3.79. The fourth-order valence-electron chi connectivity index (χ4n) is 2.57. The van der Waals surface area contributed by atoms with Gasteiger partial charge < -0.3 is 5.32 Å². The van der Waals surface area contributed by atoms with Gasteiger partial charge >= 0.3 is 0 Å². The lowest BCUT2D eigenvalue weighted by molar-refractivity contribution is -0.115. The van der Waals surface area contributed by atoms with Crippen LogP contribution in [-0.2, 0) is 16.6 Å². The topological polar surface area (TPSA) is 29.1 Å². The maximum Gasteiger partial charge on any atom is 0.228 e. The van der Waals surface area contributed by atoms with Crippen LogP contribution in [0.3, 0.4) is 0 Å². The molecule has 102 valence electrons. The van der Waals surface area contributed by atoms with Gasteiger partial charge in [0.1, 0.15) is 0 Å². The average Bonchev–Trinajstić information content (AvgIpc) is 2.77. The molecule has 3 rings (SSSR count). The highest BCUT2D eigenvalue weighted by atomic mass is 16.1. The summed E-state index contributed by atoms with van der Waals surface area (Å²) in [6.07, 6.45) is 0.488. The molecule has 1 amide bonds. The summed E-state index contributed by atoms with van der Waals surface area (Å²) in [5, 5.41) is 2.87. The molecule has 1 aliphatic rings. The van der Waals surface area contributed by atoms with E-state index in [2.05, 4.69) is 62.5 Å². The van der Waals surface area contributed by atoms with E-state index in [0.717, 1.165) is 11.3 Å². The van der Waals surface area contributed by atoms with E-state index in [9.17, 15) is 4.79 Å². The monoisotopic (exact) mass is 265 g/mol. The van der Waals surface area contributed by atoms with Gasteiger partial charge in [-0.1, -0.05) is 51.1 Å². The second-order valence-electron chi connectivity index (χ2n) is 6.43. The maximum absolute atomic E-state index is 11.4. The van der Waals surface area contributed by atoms with Crippen molar-refractivity contribution in [3.63, 3.8) is 0 Å². The van der Waals surface area contributed by atoms with Gasteiger partial charge in [0.05, 0.1) is 6.42 Å². The number of anilines is 1. The zero-order valence-electron chi connectivity index (χ0n) is 12.2. The first-order valence-corrected chi connectivity index (χ1v) is 6.97. The Kier molecular flexibility index (Phi) is 2.89. The van der Waals surface area contributed by atoms with Crippen molar-refractivity contribution in [1.82, 2.24) is 0 Å². The molecular weight excluding hydrogens is 246 g/mol. The lowest BCUT2D eigenvalue weighted by Gasteiger charge is -2.20. The van der Waals surface area contributed by atoms with Crippen molar-refractivity contribution in [2.45, 2.75) is 32.6 Å². The Morgan fingerprint density at radius 2 is 1.75 bits per heavy atom. The second-order valence-corrected chi connectivity index (χ2v) is 6.43. The molecule has 1 aliphatic heterocycles. The molecule has 0 atom stereocenters. The molecule has 0 aromatic heterocycles. The maximum atomic E-state index is 11.4. The molecule has 0 radical (unpaired) electrons. The number of hydrogen-bond acceptors (Lipinski definition) is 1. The Bertz CT molecular complexity index is 680. The largest absolute Gasteiger partial charge is 0.326 e. The number of hydrogen-bond donors (Lipinski definition) is 1. The van der Waals surface area contributed by atoms with Crippen LogP contribution in [-0.4, -0.2) is 5.91 Å². The molecule has 0 bridgehead atoms. The molecule has 0 unspecified atom stereocenters. The molecule has 1 heterocycles. The Hall–Kier alpha value is -2.09. The van der Waals surface area contributed by atoms with Crippen molar-refractivity contribution in [3.05, 3.63) is 53.6 Å². The molecule has 2 heteroatoms. The average molecular weight is 265 g/mol. The highest BCUT2D eigenvalue weighted by molar-refractivity contribution is 5.99. The molecule has 0 saturated carbocycles. The molecule has 1 N–H and O–H groups in total. The summed E-state index contributed by atoms with van der Waals surface area (Å²) in [6, 6.07) is 14.8. The van der Waals surface area contributed by atoms with Gasteiger partial charge in [-0.05, 0) is 39.8 Å². The fraction of sp³-hybridized carbons (Fsp3) is 0.278. The Morgan fingerprint density at radius 3 is 2.50 bits per heavy atom. The summed E-state index contributed by atoms with van der Waals surface area (Å²) in [7, 11) is 0. The smallest absolute Gasteiger partial charge is 0.228 e. The second kappa shape index (κ2) is 4.48. The summed E-state index contributed by atoms with van der Waals surface area (Å²) in [6.45, 7) is 6.66. The number of carbonyl (C=O) groups is 1. The molecular formula is C18H19NO. The molecule has 0 aliphatic carbocycles. The van der Waals surface area contributed by atoms with Crippen molar-refractivity contribution in [1.29, 1.82) is 0 Å². The normalized spacial score (nSPS) is 14.1. The summed E-state index contributed by atoms with van der Waals surface area (Å²) in [5.74, 6) is 0.0839. The summed E-state index contributed by atoms with van der Waals surface area (Å²) in [4.78, 5) is 11.4. The first-order chi connectivity index (χ1) is 9.43. The minimum Gasteiger partial charge on any atom is -0.326 e. The van der Waals surface area contributed by atoms with Gasteiger partial charge in [0.25, 0.3) is 0 Å². The van der Waals surface area contributed by atoms with Crippen molar-refractivity contribution >= 4 is 11.6 Å². The van der Waals surface area contributed by atoms with E-state index in [4.69, 9.17) is 0 Å². The van der Waals surface area contributed by atoms with Crippen LogP contribution in [0, 0.1) is 0 Å². The van der Waals surface area contributed by atoms with Gasteiger partial charge in [0, 0.05) is 5.69 Å². The Morgan fingerprint density at radius 1 is 1.00 bits per heavy atom. The van der Waals surface area contributed by atoms with Crippen molar-refractivity contribution in [2.75, 3.05) is 5.32 Å². The lowest BCUT2D eigenvalue weighted by Crippen LogP contribution is -2.10. The van der Waals surface area contributed by atoms with Crippen LogP contribution < -0.4 is 5.32 Å². The van der Waals surface area contributed by atoms with Crippen molar-refractivity contribution in [2.24, 2.45) is 0 Å². The lowest BCUT2D eigenvalue weighted by atomic mass is 9.85. The third-order valence-electron chi connectivity index (χ3n) is 3.79. The predicted molar refractivity (Wildman–Crippen MR) is 82.9 cm³/mol. The number of amides is 1. The molecule has 2 nitrogen and oxygen atoms in total. The minimum absolute atomic E-state index is 0.0839. The molecule has 0 spiro atoms. The summed E-state index contributed by atoms with van der Waals surface area (Å²) < 4.78 is 0. The van der Waals surface area contributed by atoms with E-state index < -0.39 is 0 Å². The molecule has 0 saturated heterocycles. The van der Waals surface area contributed by atoms with Crippen LogP contribution in [0.2, 0.25) is 0 Å². The number of carbonyl (C=O) groups excluding carboxylic acids is 1. The Balaban J connectivity index is 2.02. The number of benzene rings is 2. The van der Waals surface area contributed by atoms with E-state index in [-0.39, 0.29) is 11.3 Å². The van der Waals surface area contributed by atoms with Crippen LogP contribution in [0.25, 0.3) is 11.1 Å². The fourth-order valence-corrected chi connectivity index (χ4v) is 2.57. The van der Waals surface area contributed by atoms with Crippen LogP contribution in [0.1, 0.15) is 31.9 Å². The van der Waals surface area contributed by atoms with Gasteiger partial charge in [0.15, 0.2) is 0 Å². The van der Waals surface area contributed by atoms with Gasteiger partial charge in [-0.2, -0.15) is 0 Å². The highest BCUT2D eigenvalue weighted by Gasteiger charge is 2.18. The summed E-state index contributed by atoms with van der Waals surface area (Å²) >= 11 is 0. The van der Waals surface area contributed by atoms with Gasteiger partial charge in [-0.15, -0.1) is 0 Å². The first kappa shape index (κ1) is 12.9. The quantitative estimate of drug-likeness (QED) is 0.824. The van der Waals surface area contributed by atoms with Crippen LogP contribution in [0.5, 0.6) is 0 Å².